The van der Waals surface area contributed by atoms with Gasteiger partial charge in [0.05, 0.1) is 6.61 Å². The van der Waals surface area contributed by atoms with Gasteiger partial charge in [0.1, 0.15) is 5.75 Å². The SMILES string of the molecule is CCOc1ccc(N2CCN(C(=O)N(CC)CC)CC2)cc1. The molecule has 1 aliphatic heterocycles. The maximum atomic E-state index is 12.3. The van der Waals surface area contributed by atoms with Gasteiger partial charge in [0.15, 0.2) is 0 Å². The zero-order valence-corrected chi connectivity index (χ0v) is 13.9. The lowest BCUT2D eigenvalue weighted by molar-refractivity contribution is 0.154. The van der Waals surface area contributed by atoms with E-state index in [1.165, 1.54) is 5.69 Å². The summed E-state index contributed by atoms with van der Waals surface area (Å²) in [4.78, 5) is 18.5. The van der Waals surface area contributed by atoms with Crippen molar-refractivity contribution in [2.45, 2.75) is 20.8 Å². The van der Waals surface area contributed by atoms with Crippen LogP contribution in [0, 0.1) is 0 Å². The van der Waals surface area contributed by atoms with Crippen LogP contribution in [-0.4, -0.2) is 61.7 Å². The number of hydrogen-bond donors (Lipinski definition) is 0. The summed E-state index contributed by atoms with van der Waals surface area (Å²) in [6.07, 6.45) is 0. The van der Waals surface area contributed by atoms with E-state index in [1.54, 1.807) is 0 Å². The summed E-state index contributed by atoms with van der Waals surface area (Å²) >= 11 is 0. The minimum absolute atomic E-state index is 0.163. The van der Waals surface area contributed by atoms with Gasteiger partial charge in [0.25, 0.3) is 0 Å². The van der Waals surface area contributed by atoms with Gasteiger partial charge in [-0.05, 0) is 45.0 Å². The van der Waals surface area contributed by atoms with Crippen molar-refractivity contribution in [3.8, 4) is 5.75 Å². The second-order valence-electron chi connectivity index (χ2n) is 5.36. The average Bonchev–Trinajstić information content (AvgIpc) is 2.57. The molecule has 1 aliphatic rings. The van der Waals surface area contributed by atoms with E-state index in [4.69, 9.17) is 4.74 Å². The lowest BCUT2D eigenvalue weighted by Crippen LogP contribution is -2.52. The van der Waals surface area contributed by atoms with Gasteiger partial charge in [0, 0.05) is 45.0 Å². The van der Waals surface area contributed by atoms with Gasteiger partial charge in [-0.3, -0.25) is 0 Å². The van der Waals surface area contributed by atoms with E-state index in [0.717, 1.165) is 45.0 Å². The van der Waals surface area contributed by atoms with Crippen LogP contribution >= 0.6 is 0 Å². The van der Waals surface area contributed by atoms with Gasteiger partial charge < -0.3 is 19.4 Å². The number of carbonyl (C=O) groups excluding carboxylic acids is 1. The Morgan fingerprint density at radius 3 is 2.14 bits per heavy atom. The first-order chi connectivity index (χ1) is 10.7. The molecule has 0 unspecified atom stereocenters. The number of rotatable bonds is 5. The molecule has 5 heteroatoms. The Balaban J connectivity index is 1.90. The van der Waals surface area contributed by atoms with E-state index in [0.29, 0.717) is 6.61 Å². The molecule has 1 fully saturated rings. The summed E-state index contributed by atoms with van der Waals surface area (Å²) in [7, 11) is 0. The van der Waals surface area contributed by atoms with Crippen molar-refractivity contribution in [2.24, 2.45) is 0 Å². The van der Waals surface area contributed by atoms with Crippen LogP contribution in [0.15, 0.2) is 24.3 Å². The van der Waals surface area contributed by atoms with Crippen molar-refractivity contribution in [2.75, 3.05) is 50.8 Å². The first-order valence-electron chi connectivity index (χ1n) is 8.21. The highest BCUT2D eigenvalue weighted by Gasteiger charge is 2.23. The third-order valence-corrected chi connectivity index (χ3v) is 4.10. The molecule has 0 N–H and O–H groups in total. The minimum atomic E-state index is 0.163. The Morgan fingerprint density at radius 2 is 1.64 bits per heavy atom. The highest BCUT2D eigenvalue weighted by Crippen LogP contribution is 2.21. The summed E-state index contributed by atoms with van der Waals surface area (Å²) in [5.41, 5.74) is 1.19. The largest absolute Gasteiger partial charge is 0.494 e. The van der Waals surface area contributed by atoms with Gasteiger partial charge >= 0.3 is 6.03 Å². The fourth-order valence-corrected chi connectivity index (χ4v) is 2.77. The van der Waals surface area contributed by atoms with E-state index in [9.17, 15) is 4.79 Å². The smallest absolute Gasteiger partial charge is 0.320 e. The maximum Gasteiger partial charge on any atom is 0.320 e. The van der Waals surface area contributed by atoms with Crippen LogP contribution in [0.1, 0.15) is 20.8 Å². The van der Waals surface area contributed by atoms with E-state index >= 15 is 0 Å². The van der Waals surface area contributed by atoms with Crippen molar-refractivity contribution < 1.29 is 9.53 Å². The van der Waals surface area contributed by atoms with Crippen LogP contribution in [0.25, 0.3) is 0 Å². The van der Waals surface area contributed by atoms with E-state index in [-0.39, 0.29) is 6.03 Å². The number of amides is 2. The molecular formula is C17H27N3O2. The number of piperazine rings is 1. The third kappa shape index (κ3) is 3.84. The summed E-state index contributed by atoms with van der Waals surface area (Å²) in [6.45, 7) is 11.6. The Labute approximate surface area is 133 Å². The van der Waals surface area contributed by atoms with Crippen molar-refractivity contribution in [1.82, 2.24) is 9.80 Å². The normalized spacial score (nSPS) is 14.9. The first-order valence-corrected chi connectivity index (χ1v) is 8.21. The molecule has 122 valence electrons. The molecule has 0 aromatic heterocycles. The lowest BCUT2D eigenvalue weighted by atomic mass is 10.2. The molecular weight excluding hydrogens is 278 g/mol. The van der Waals surface area contributed by atoms with Gasteiger partial charge in [-0.2, -0.15) is 0 Å². The van der Waals surface area contributed by atoms with Gasteiger partial charge in [0.2, 0.25) is 0 Å². The molecule has 0 bridgehead atoms. The zero-order chi connectivity index (χ0) is 15.9. The second kappa shape index (κ2) is 7.92. The van der Waals surface area contributed by atoms with Crippen molar-refractivity contribution in [3.63, 3.8) is 0 Å². The fourth-order valence-electron chi connectivity index (χ4n) is 2.77. The minimum Gasteiger partial charge on any atom is -0.494 e. The number of carbonyl (C=O) groups is 1. The van der Waals surface area contributed by atoms with Crippen LogP contribution in [0.2, 0.25) is 0 Å². The lowest BCUT2D eigenvalue weighted by Gasteiger charge is -2.38. The predicted molar refractivity (Wildman–Crippen MR) is 89.7 cm³/mol. The summed E-state index contributed by atoms with van der Waals surface area (Å²) in [6, 6.07) is 8.36. The average molecular weight is 305 g/mol. The molecule has 0 atom stereocenters. The highest BCUT2D eigenvalue weighted by atomic mass is 16.5. The first kappa shape index (κ1) is 16.5. The van der Waals surface area contributed by atoms with Gasteiger partial charge in [-0.15, -0.1) is 0 Å². The number of urea groups is 1. The molecule has 1 heterocycles. The van der Waals surface area contributed by atoms with Gasteiger partial charge in [-0.1, -0.05) is 0 Å². The molecule has 5 nitrogen and oxygen atoms in total. The van der Waals surface area contributed by atoms with Crippen LogP contribution in [0.3, 0.4) is 0 Å². The molecule has 1 aromatic carbocycles. The fraction of sp³-hybridized carbons (Fsp3) is 0.588. The van der Waals surface area contributed by atoms with Crippen LogP contribution in [0.5, 0.6) is 5.75 Å². The van der Waals surface area contributed by atoms with Gasteiger partial charge in [-0.25, -0.2) is 4.79 Å². The summed E-state index contributed by atoms with van der Waals surface area (Å²) in [5.74, 6) is 0.904. The Bertz CT molecular complexity index is 463. The monoisotopic (exact) mass is 305 g/mol. The summed E-state index contributed by atoms with van der Waals surface area (Å²) in [5, 5.41) is 0. The Morgan fingerprint density at radius 1 is 1.05 bits per heavy atom. The van der Waals surface area contributed by atoms with E-state index in [2.05, 4.69) is 17.0 Å². The van der Waals surface area contributed by atoms with Crippen molar-refractivity contribution >= 4 is 11.7 Å². The molecule has 0 aliphatic carbocycles. The topological polar surface area (TPSA) is 36.0 Å². The molecule has 0 spiro atoms. The van der Waals surface area contributed by atoms with E-state index in [1.807, 2.05) is 42.7 Å². The molecule has 0 saturated carbocycles. The number of ether oxygens (including phenoxy) is 1. The molecule has 1 aromatic rings. The second-order valence-corrected chi connectivity index (χ2v) is 5.36. The van der Waals surface area contributed by atoms with Crippen LogP contribution in [0.4, 0.5) is 10.5 Å². The molecule has 0 radical (unpaired) electrons. The number of anilines is 1. The maximum absolute atomic E-state index is 12.3. The van der Waals surface area contributed by atoms with Crippen molar-refractivity contribution in [3.05, 3.63) is 24.3 Å². The number of benzene rings is 1. The molecule has 2 rings (SSSR count). The number of nitrogens with zero attached hydrogens (tertiary/aromatic N) is 3. The van der Waals surface area contributed by atoms with Crippen LogP contribution in [-0.2, 0) is 0 Å². The standard InChI is InChI=1S/C17H27N3O2/c1-4-18(5-2)17(21)20-13-11-19(12-14-20)15-7-9-16(10-8-15)22-6-3/h7-10H,4-6,11-14H2,1-3H3. The summed E-state index contributed by atoms with van der Waals surface area (Å²) < 4.78 is 5.47. The molecule has 1 saturated heterocycles. The zero-order valence-electron chi connectivity index (χ0n) is 13.9. The van der Waals surface area contributed by atoms with Crippen LogP contribution < -0.4 is 9.64 Å². The van der Waals surface area contributed by atoms with Crippen molar-refractivity contribution in [1.29, 1.82) is 0 Å². The predicted octanol–water partition coefficient (Wildman–Crippen LogP) is 2.67. The van der Waals surface area contributed by atoms with E-state index < -0.39 is 0 Å². The Kier molecular flexibility index (Phi) is 5.92. The quantitative estimate of drug-likeness (QED) is 0.839. The highest BCUT2D eigenvalue weighted by molar-refractivity contribution is 5.74. The Hall–Kier alpha value is -1.91. The number of hydrogen-bond acceptors (Lipinski definition) is 3. The molecule has 2 amide bonds. The molecule has 22 heavy (non-hydrogen) atoms. The third-order valence-electron chi connectivity index (χ3n) is 4.10.